The summed E-state index contributed by atoms with van der Waals surface area (Å²) in [5.74, 6) is 0.449. The number of hydrogen-bond acceptors (Lipinski definition) is 2. The molecule has 0 bridgehead atoms. The molecule has 110 valence electrons. The number of amides is 1. The first kappa shape index (κ1) is 15.9. The quantitative estimate of drug-likeness (QED) is 0.840. The van der Waals surface area contributed by atoms with Crippen LogP contribution in [-0.2, 0) is 4.79 Å². The molecule has 1 N–H and O–H groups in total. The monoisotopic (exact) mass is 367 g/mol. The fourth-order valence-electron chi connectivity index (χ4n) is 1.77. The van der Waals surface area contributed by atoms with Gasteiger partial charge in [-0.25, -0.2) is 0 Å². The second kappa shape index (κ2) is 6.96. The lowest BCUT2D eigenvalue weighted by Gasteiger charge is -2.16. The van der Waals surface area contributed by atoms with Crippen molar-refractivity contribution in [1.29, 1.82) is 0 Å². The third-order valence-corrected chi connectivity index (χ3v) is 3.69. The van der Waals surface area contributed by atoms with E-state index in [1.165, 1.54) is 0 Å². The van der Waals surface area contributed by atoms with Crippen LogP contribution in [0.3, 0.4) is 0 Å². The number of carbonyl (C=O) groups excluding carboxylic acids is 1. The van der Waals surface area contributed by atoms with E-state index in [-0.39, 0.29) is 5.91 Å². The SMILES string of the molecule is Cc1cc(Cl)ccc1O[C@@H](C)C(=O)Nc1ccc(Br)cc1. The van der Waals surface area contributed by atoms with Gasteiger partial charge in [-0.15, -0.1) is 0 Å². The molecule has 1 amide bonds. The van der Waals surface area contributed by atoms with Gasteiger partial charge in [0.2, 0.25) is 0 Å². The van der Waals surface area contributed by atoms with Crippen molar-refractivity contribution >= 4 is 39.1 Å². The number of ether oxygens (including phenoxy) is 1. The van der Waals surface area contributed by atoms with Gasteiger partial charge >= 0.3 is 0 Å². The lowest BCUT2D eigenvalue weighted by molar-refractivity contribution is -0.122. The molecule has 0 aromatic heterocycles. The maximum Gasteiger partial charge on any atom is 0.265 e. The summed E-state index contributed by atoms with van der Waals surface area (Å²) in [6.07, 6.45) is -0.603. The van der Waals surface area contributed by atoms with Gasteiger partial charge in [-0.05, 0) is 61.9 Å². The van der Waals surface area contributed by atoms with Gasteiger partial charge in [0.05, 0.1) is 0 Å². The summed E-state index contributed by atoms with van der Waals surface area (Å²) in [5.41, 5.74) is 1.62. The van der Waals surface area contributed by atoms with Crippen LogP contribution in [0.5, 0.6) is 5.75 Å². The second-order valence-electron chi connectivity index (χ2n) is 4.67. The molecule has 0 saturated carbocycles. The highest BCUT2D eigenvalue weighted by Crippen LogP contribution is 2.23. The summed E-state index contributed by atoms with van der Waals surface area (Å²) >= 11 is 9.25. The Morgan fingerprint density at radius 3 is 2.52 bits per heavy atom. The van der Waals surface area contributed by atoms with E-state index in [1.807, 2.05) is 31.2 Å². The summed E-state index contributed by atoms with van der Waals surface area (Å²) in [5, 5.41) is 3.45. The maximum absolute atomic E-state index is 12.1. The van der Waals surface area contributed by atoms with Crippen LogP contribution in [0.2, 0.25) is 5.02 Å². The molecular weight excluding hydrogens is 354 g/mol. The molecule has 2 rings (SSSR count). The van der Waals surface area contributed by atoms with Crippen LogP contribution in [-0.4, -0.2) is 12.0 Å². The number of rotatable bonds is 4. The van der Waals surface area contributed by atoms with E-state index in [0.717, 1.165) is 15.7 Å². The van der Waals surface area contributed by atoms with Gasteiger partial charge < -0.3 is 10.1 Å². The molecule has 0 saturated heterocycles. The Bertz CT molecular complexity index is 643. The lowest BCUT2D eigenvalue weighted by atomic mass is 10.2. The Labute approximate surface area is 137 Å². The number of anilines is 1. The Kier molecular flexibility index (Phi) is 5.26. The molecule has 1 atom stereocenters. The smallest absolute Gasteiger partial charge is 0.265 e. The lowest BCUT2D eigenvalue weighted by Crippen LogP contribution is -2.30. The van der Waals surface area contributed by atoms with Crippen molar-refractivity contribution in [2.75, 3.05) is 5.32 Å². The Morgan fingerprint density at radius 1 is 1.24 bits per heavy atom. The van der Waals surface area contributed by atoms with Crippen molar-refractivity contribution in [2.45, 2.75) is 20.0 Å². The minimum atomic E-state index is -0.603. The van der Waals surface area contributed by atoms with Gasteiger partial charge in [0, 0.05) is 15.2 Å². The van der Waals surface area contributed by atoms with Gasteiger partial charge in [0.15, 0.2) is 6.10 Å². The number of halogens is 2. The van der Waals surface area contributed by atoms with Crippen LogP contribution in [0.4, 0.5) is 5.69 Å². The van der Waals surface area contributed by atoms with Crippen molar-refractivity contribution in [2.24, 2.45) is 0 Å². The summed E-state index contributed by atoms with van der Waals surface area (Å²) < 4.78 is 6.64. The summed E-state index contributed by atoms with van der Waals surface area (Å²) in [4.78, 5) is 12.1. The summed E-state index contributed by atoms with van der Waals surface area (Å²) in [6, 6.07) is 12.7. The van der Waals surface area contributed by atoms with Crippen molar-refractivity contribution in [3.63, 3.8) is 0 Å². The van der Waals surface area contributed by atoms with Crippen molar-refractivity contribution in [3.05, 3.63) is 57.5 Å². The molecule has 3 nitrogen and oxygen atoms in total. The second-order valence-corrected chi connectivity index (χ2v) is 6.02. The van der Waals surface area contributed by atoms with Gasteiger partial charge in [-0.3, -0.25) is 4.79 Å². The molecule has 0 aliphatic carbocycles. The summed E-state index contributed by atoms with van der Waals surface area (Å²) in [7, 11) is 0. The molecule has 0 aliphatic heterocycles. The standard InChI is InChI=1S/C16H15BrClNO2/c1-10-9-13(18)5-8-15(10)21-11(2)16(20)19-14-6-3-12(17)4-7-14/h3-9,11H,1-2H3,(H,19,20)/t11-/m0/s1. The highest BCUT2D eigenvalue weighted by atomic mass is 79.9. The van der Waals surface area contributed by atoms with E-state index in [2.05, 4.69) is 21.2 Å². The predicted molar refractivity (Wildman–Crippen MR) is 89.1 cm³/mol. The first-order chi connectivity index (χ1) is 9.95. The first-order valence-electron chi connectivity index (χ1n) is 6.45. The third-order valence-electron chi connectivity index (χ3n) is 2.92. The van der Waals surface area contributed by atoms with Crippen molar-refractivity contribution < 1.29 is 9.53 Å². The van der Waals surface area contributed by atoms with Gasteiger partial charge in [-0.1, -0.05) is 27.5 Å². The average molecular weight is 369 g/mol. The number of carbonyl (C=O) groups is 1. The molecule has 0 fully saturated rings. The number of hydrogen-bond donors (Lipinski definition) is 1. The highest BCUT2D eigenvalue weighted by molar-refractivity contribution is 9.10. The van der Waals surface area contributed by atoms with E-state index in [1.54, 1.807) is 25.1 Å². The molecule has 0 heterocycles. The van der Waals surface area contributed by atoms with Crippen molar-refractivity contribution in [3.8, 4) is 5.75 Å². The molecule has 0 radical (unpaired) electrons. The molecule has 5 heteroatoms. The maximum atomic E-state index is 12.1. The van der Waals surface area contributed by atoms with Crippen LogP contribution >= 0.6 is 27.5 Å². The third kappa shape index (κ3) is 4.48. The van der Waals surface area contributed by atoms with Crippen LogP contribution in [0.1, 0.15) is 12.5 Å². The minimum absolute atomic E-state index is 0.202. The molecule has 0 unspecified atom stereocenters. The fourth-order valence-corrected chi connectivity index (χ4v) is 2.26. The number of benzene rings is 2. The summed E-state index contributed by atoms with van der Waals surface area (Å²) in [6.45, 7) is 3.60. The van der Waals surface area contributed by atoms with E-state index in [4.69, 9.17) is 16.3 Å². The normalized spacial score (nSPS) is 11.8. The van der Waals surface area contributed by atoms with Gasteiger partial charge in [0.25, 0.3) is 5.91 Å². The average Bonchev–Trinajstić information content (AvgIpc) is 2.44. The molecule has 0 spiro atoms. The molecular formula is C16H15BrClNO2. The number of aryl methyl sites for hydroxylation is 1. The zero-order valence-corrected chi connectivity index (χ0v) is 14.0. The predicted octanol–water partition coefficient (Wildman–Crippen LogP) is 4.82. The minimum Gasteiger partial charge on any atom is -0.481 e. The Morgan fingerprint density at radius 2 is 1.90 bits per heavy atom. The van der Waals surface area contributed by atoms with Crippen LogP contribution in [0.15, 0.2) is 46.9 Å². The van der Waals surface area contributed by atoms with Crippen molar-refractivity contribution in [1.82, 2.24) is 0 Å². The largest absolute Gasteiger partial charge is 0.481 e. The first-order valence-corrected chi connectivity index (χ1v) is 7.62. The molecule has 2 aromatic rings. The molecule has 21 heavy (non-hydrogen) atoms. The Hall–Kier alpha value is -1.52. The van der Waals surface area contributed by atoms with Gasteiger partial charge in [0.1, 0.15) is 5.75 Å². The van der Waals surface area contributed by atoms with Gasteiger partial charge in [-0.2, -0.15) is 0 Å². The van der Waals surface area contributed by atoms with E-state index in [0.29, 0.717) is 10.8 Å². The Balaban J connectivity index is 2.00. The van der Waals surface area contributed by atoms with E-state index in [9.17, 15) is 4.79 Å². The zero-order chi connectivity index (χ0) is 15.4. The van der Waals surface area contributed by atoms with E-state index < -0.39 is 6.10 Å². The molecule has 0 aliphatic rings. The zero-order valence-electron chi connectivity index (χ0n) is 11.7. The van der Waals surface area contributed by atoms with Crippen LogP contribution in [0.25, 0.3) is 0 Å². The van der Waals surface area contributed by atoms with Crippen LogP contribution in [0, 0.1) is 6.92 Å². The fraction of sp³-hybridized carbons (Fsp3) is 0.188. The van der Waals surface area contributed by atoms with E-state index >= 15 is 0 Å². The number of nitrogens with one attached hydrogen (secondary N) is 1. The molecule has 2 aromatic carbocycles. The topological polar surface area (TPSA) is 38.3 Å². The van der Waals surface area contributed by atoms with Crippen LogP contribution < -0.4 is 10.1 Å². The highest BCUT2D eigenvalue weighted by Gasteiger charge is 2.15.